The van der Waals surface area contributed by atoms with Crippen LogP contribution in [0.15, 0.2) is 0 Å². The molecule has 19 heavy (non-hydrogen) atoms. The van der Waals surface area contributed by atoms with Gasteiger partial charge in [0.05, 0.1) is 13.0 Å². The summed E-state index contributed by atoms with van der Waals surface area (Å²) in [5.41, 5.74) is 5.05. The molecule has 0 radical (unpaired) electrons. The van der Waals surface area contributed by atoms with E-state index in [4.69, 9.17) is 5.73 Å². The van der Waals surface area contributed by atoms with Gasteiger partial charge in [-0.15, -0.1) is 0 Å². The molecule has 0 spiro atoms. The topological polar surface area (TPSA) is 102 Å². The number of rotatable bonds is 6. The molecule has 0 saturated carbocycles. The van der Waals surface area contributed by atoms with Gasteiger partial charge in [0.1, 0.15) is 6.04 Å². The number of hydrogen-bond donors (Lipinski definition) is 2. The zero-order chi connectivity index (χ0) is 15.2. The highest BCUT2D eigenvalue weighted by Crippen LogP contribution is 2.08. The zero-order valence-corrected chi connectivity index (χ0v) is 12.1. The minimum atomic E-state index is -0.749. The smallest absolute Gasteiger partial charge is 0.312 e. The van der Waals surface area contributed by atoms with Crippen LogP contribution in [0.1, 0.15) is 20.8 Å². The summed E-state index contributed by atoms with van der Waals surface area (Å²) in [6.45, 7) is 5.49. The molecule has 0 aliphatic rings. The van der Waals surface area contributed by atoms with Crippen molar-refractivity contribution in [1.82, 2.24) is 10.2 Å². The van der Waals surface area contributed by atoms with Crippen molar-refractivity contribution in [2.24, 2.45) is 17.6 Å². The molecule has 0 saturated heterocycles. The van der Waals surface area contributed by atoms with E-state index in [-0.39, 0.29) is 24.3 Å². The van der Waals surface area contributed by atoms with E-state index in [1.54, 1.807) is 27.8 Å². The van der Waals surface area contributed by atoms with Crippen LogP contribution in [0.25, 0.3) is 0 Å². The molecule has 0 heterocycles. The van der Waals surface area contributed by atoms with Crippen molar-refractivity contribution < 1.29 is 19.1 Å². The molecular weight excluding hydrogens is 250 g/mol. The number of esters is 1. The molecule has 7 nitrogen and oxygen atoms in total. The lowest BCUT2D eigenvalue weighted by molar-refractivity contribution is -0.146. The maximum atomic E-state index is 12.2. The maximum Gasteiger partial charge on any atom is 0.312 e. The second-order valence-electron chi connectivity index (χ2n) is 4.87. The van der Waals surface area contributed by atoms with Crippen LogP contribution in [0.4, 0.5) is 4.79 Å². The van der Waals surface area contributed by atoms with Crippen LogP contribution >= 0.6 is 0 Å². The minimum Gasteiger partial charge on any atom is -0.469 e. The van der Waals surface area contributed by atoms with Gasteiger partial charge in [-0.05, 0) is 5.92 Å². The highest BCUT2D eigenvalue weighted by atomic mass is 16.5. The Morgan fingerprint density at radius 1 is 1.26 bits per heavy atom. The van der Waals surface area contributed by atoms with Crippen LogP contribution in [0.3, 0.4) is 0 Å². The van der Waals surface area contributed by atoms with E-state index >= 15 is 0 Å². The van der Waals surface area contributed by atoms with Crippen LogP contribution in [0, 0.1) is 11.8 Å². The van der Waals surface area contributed by atoms with E-state index in [1.807, 2.05) is 0 Å². The first-order valence-corrected chi connectivity index (χ1v) is 6.09. The van der Waals surface area contributed by atoms with Gasteiger partial charge in [0, 0.05) is 13.6 Å². The first-order chi connectivity index (χ1) is 8.70. The highest BCUT2D eigenvalue weighted by molar-refractivity contribution is 5.87. The molecule has 0 aromatic carbocycles. The molecule has 0 aromatic rings. The van der Waals surface area contributed by atoms with E-state index in [0.717, 1.165) is 0 Å². The predicted octanol–water partition coefficient (Wildman–Crippen LogP) is -0.0532. The van der Waals surface area contributed by atoms with Gasteiger partial charge in [0.15, 0.2) is 0 Å². The molecule has 0 fully saturated rings. The fourth-order valence-electron chi connectivity index (χ4n) is 1.68. The number of carbonyl (C=O) groups excluding carboxylic acids is 3. The number of amides is 3. The molecule has 110 valence electrons. The Balaban J connectivity index is 4.67. The number of nitrogens with zero attached hydrogens (tertiary/aromatic N) is 1. The molecule has 0 aliphatic carbocycles. The summed E-state index contributed by atoms with van der Waals surface area (Å²) in [5.74, 6) is -1.20. The lowest BCUT2D eigenvalue weighted by Gasteiger charge is -2.27. The summed E-state index contributed by atoms with van der Waals surface area (Å²) >= 11 is 0. The Morgan fingerprint density at radius 3 is 2.16 bits per heavy atom. The second-order valence-corrected chi connectivity index (χ2v) is 4.87. The van der Waals surface area contributed by atoms with Gasteiger partial charge in [-0.25, -0.2) is 4.79 Å². The number of ether oxygens (including phenoxy) is 1. The number of likely N-dealkylation sites (N-methyl/N-ethyl adjacent to an activating group) is 1. The summed E-state index contributed by atoms with van der Waals surface area (Å²) in [6, 6.07) is -1.45. The average Bonchev–Trinajstić information content (AvgIpc) is 2.33. The average molecular weight is 273 g/mol. The fraction of sp³-hybridized carbons (Fsp3) is 0.750. The van der Waals surface area contributed by atoms with E-state index in [9.17, 15) is 14.4 Å². The van der Waals surface area contributed by atoms with Crippen molar-refractivity contribution in [2.75, 3.05) is 20.7 Å². The maximum absolute atomic E-state index is 12.2. The first kappa shape index (κ1) is 17.2. The number of nitrogens with one attached hydrogen (secondary N) is 1. The Labute approximate surface area is 113 Å². The van der Waals surface area contributed by atoms with Gasteiger partial charge in [-0.1, -0.05) is 20.8 Å². The molecule has 2 atom stereocenters. The summed E-state index contributed by atoms with van der Waals surface area (Å²) in [4.78, 5) is 35.7. The Morgan fingerprint density at radius 2 is 1.79 bits per heavy atom. The Kier molecular flexibility index (Phi) is 6.89. The van der Waals surface area contributed by atoms with Crippen molar-refractivity contribution in [1.29, 1.82) is 0 Å². The largest absolute Gasteiger partial charge is 0.469 e. The number of methoxy groups -OCH3 is 1. The summed E-state index contributed by atoms with van der Waals surface area (Å²) < 4.78 is 4.60. The molecule has 0 bridgehead atoms. The summed E-state index contributed by atoms with van der Waals surface area (Å²) in [5, 5.41) is 2.41. The van der Waals surface area contributed by atoms with E-state index in [0.29, 0.717) is 0 Å². The monoisotopic (exact) mass is 273 g/mol. The van der Waals surface area contributed by atoms with Crippen molar-refractivity contribution in [2.45, 2.75) is 26.8 Å². The standard InChI is InChI=1S/C12H23N3O4/c1-7(2)9(14-12(13)18)10(16)15(4)6-8(3)11(17)19-5/h7-9H,6H2,1-5H3,(H3,13,14,18). The van der Waals surface area contributed by atoms with Crippen LogP contribution < -0.4 is 11.1 Å². The minimum absolute atomic E-state index is 0.101. The highest BCUT2D eigenvalue weighted by Gasteiger charge is 2.28. The van der Waals surface area contributed by atoms with Crippen LogP contribution in [0.2, 0.25) is 0 Å². The third-order valence-electron chi connectivity index (χ3n) is 2.76. The van der Waals surface area contributed by atoms with Crippen LogP contribution in [-0.2, 0) is 14.3 Å². The van der Waals surface area contributed by atoms with Gasteiger partial charge in [0.25, 0.3) is 0 Å². The number of hydrogen-bond acceptors (Lipinski definition) is 4. The first-order valence-electron chi connectivity index (χ1n) is 6.09. The van der Waals surface area contributed by atoms with Crippen molar-refractivity contribution >= 4 is 17.9 Å². The molecule has 3 N–H and O–H groups in total. The lowest BCUT2D eigenvalue weighted by atomic mass is 10.0. The number of carbonyl (C=O) groups is 3. The second kappa shape index (κ2) is 7.60. The third-order valence-corrected chi connectivity index (χ3v) is 2.76. The normalized spacial score (nSPS) is 13.6. The molecular formula is C12H23N3O4. The number of nitrogens with two attached hydrogens (primary N) is 1. The lowest BCUT2D eigenvalue weighted by Crippen LogP contribution is -2.52. The molecule has 0 aromatic heterocycles. The molecule has 0 rings (SSSR count). The quantitative estimate of drug-likeness (QED) is 0.662. The SMILES string of the molecule is COC(=O)C(C)CN(C)C(=O)C(NC(N)=O)C(C)C. The predicted molar refractivity (Wildman–Crippen MR) is 70.2 cm³/mol. The van der Waals surface area contributed by atoms with Gasteiger partial charge in [-0.3, -0.25) is 9.59 Å². The Hall–Kier alpha value is -1.79. The van der Waals surface area contributed by atoms with E-state index in [2.05, 4.69) is 10.1 Å². The summed E-state index contributed by atoms with van der Waals surface area (Å²) in [7, 11) is 2.87. The summed E-state index contributed by atoms with van der Waals surface area (Å²) in [6.07, 6.45) is 0. The van der Waals surface area contributed by atoms with Gasteiger partial charge < -0.3 is 20.7 Å². The Bertz CT molecular complexity index is 344. The van der Waals surface area contributed by atoms with E-state index < -0.39 is 18.0 Å². The molecule has 3 amide bonds. The van der Waals surface area contributed by atoms with Gasteiger partial charge in [0.2, 0.25) is 5.91 Å². The van der Waals surface area contributed by atoms with Crippen LogP contribution in [-0.4, -0.2) is 49.6 Å². The molecule has 2 unspecified atom stereocenters. The third kappa shape index (κ3) is 5.58. The van der Waals surface area contributed by atoms with Crippen molar-refractivity contribution in [3.8, 4) is 0 Å². The molecule has 0 aliphatic heterocycles. The van der Waals surface area contributed by atoms with Crippen molar-refractivity contribution in [3.05, 3.63) is 0 Å². The van der Waals surface area contributed by atoms with Gasteiger partial charge in [-0.2, -0.15) is 0 Å². The molecule has 7 heteroatoms. The van der Waals surface area contributed by atoms with Crippen molar-refractivity contribution in [3.63, 3.8) is 0 Å². The number of urea groups is 1. The van der Waals surface area contributed by atoms with Gasteiger partial charge >= 0.3 is 12.0 Å². The number of primary amides is 1. The zero-order valence-electron chi connectivity index (χ0n) is 12.1. The fourth-order valence-corrected chi connectivity index (χ4v) is 1.68. The van der Waals surface area contributed by atoms with E-state index in [1.165, 1.54) is 12.0 Å². The van der Waals surface area contributed by atoms with Crippen LogP contribution in [0.5, 0.6) is 0 Å².